The van der Waals surface area contributed by atoms with Gasteiger partial charge in [0.15, 0.2) is 5.76 Å². The molecule has 94 valence electrons. The molecular formula is C13H14N2O3. The third-order valence-corrected chi connectivity index (χ3v) is 2.24. The number of amides is 1. The van der Waals surface area contributed by atoms with Crippen LogP contribution in [0, 0.1) is 0 Å². The molecule has 3 N–H and O–H groups in total. The Morgan fingerprint density at radius 1 is 1.28 bits per heavy atom. The number of carbonyl (C=O) groups is 1. The molecule has 0 saturated carbocycles. The van der Waals surface area contributed by atoms with Crippen LogP contribution in [-0.4, -0.2) is 19.1 Å². The van der Waals surface area contributed by atoms with Crippen LogP contribution in [0.25, 0.3) is 0 Å². The fourth-order valence-electron chi connectivity index (χ4n) is 1.41. The molecule has 0 aliphatic heterocycles. The fourth-order valence-corrected chi connectivity index (χ4v) is 1.41. The summed E-state index contributed by atoms with van der Waals surface area (Å²) in [7, 11) is 0. The van der Waals surface area contributed by atoms with Gasteiger partial charge in [0, 0.05) is 12.2 Å². The van der Waals surface area contributed by atoms with Gasteiger partial charge in [-0.05, 0) is 36.4 Å². The number of rotatable bonds is 5. The van der Waals surface area contributed by atoms with Crippen molar-refractivity contribution in [2.24, 2.45) is 5.73 Å². The Hall–Kier alpha value is -2.27. The lowest BCUT2D eigenvalue weighted by atomic mass is 10.3. The highest BCUT2D eigenvalue weighted by molar-refractivity contribution is 6.02. The van der Waals surface area contributed by atoms with Gasteiger partial charge in [0.25, 0.3) is 5.91 Å². The van der Waals surface area contributed by atoms with Gasteiger partial charge in [0.1, 0.15) is 12.4 Å². The van der Waals surface area contributed by atoms with Gasteiger partial charge in [-0.25, -0.2) is 0 Å². The van der Waals surface area contributed by atoms with Crippen molar-refractivity contribution in [3.63, 3.8) is 0 Å². The van der Waals surface area contributed by atoms with Gasteiger partial charge in [0.05, 0.1) is 6.26 Å². The zero-order chi connectivity index (χ0) is 12.8. The van der Waals surface area contributed by atoms with Crippen molar-refractivity contribution in [2.75, 3.05) is 18.5 Å². The topological polar surface area (TPSA) is 77.5 Å². The summed E-state index contributed by atoms with van der Waals surface area (Å²) in [5.41, 5.74) is 6.01. The standard InChI is InChI=1S/C13H14N2O3/c14-7-9-17-11-5-3-10(4-6-11)15-13(16)12-2-1-8-18-12/h1-6,8H,7,9,14H2,(H,15,16). The zero-order valence-electron chi connectivity index (χ0n) is 9.76. The van der Waals surface area contributed by atoms with E-state index in [1.54, 1.807) is 36.4 Å². The first kappa shape index (κ1) is 12.2. The van der Waals surface area contributed by atoms with Crippen molar-refractivity contribution in [1.82, 2.24) is 0 Å². The molecule has 1 aromatic carbocycles. The molecule has 0 aliphatic carbocycles. The quantitative estimate of drug-likeness (QED) is 0.844. The van der Waals surface area contributed by atoms with Gasteiger partial charge in [-0.2, -0.15) is 0 Å². The molecular weight excluding hydrogens is 232 g/mol. The summed E-state index contributed by atoms with van der Waals surface area (Å²) < 4.78 is 10.3. The minimum atomic E-state index is -0.282. The molecule has 0 bridgehead atoms. The summed E-state index contributed by atoms with van der Waals surface area (Å²) in [6, 6.07) is 10.3. The van der Waals surface area contributed by atoms with E-state index in [4.69, 9.17) is 14.9 Å². The van der Waals surface area contributed by atoms with Crippen LogP contribution in [-0.2, 0) is 0 Å². The summed E-state index contributed by atoms with van der Waals surface area (Å²) in [5, 5.41) is 2.71. The Kier molecular flexibility index (Phi) is 3.98. The second kappa shape index (κ2) is 5.88. The minimum Gasteiger partial charge on any atom is -0.492 e. The Morgan fingerprint density at radius 2 is 2.06 bits per heavy atom. The van der Waals surface area contributed by atoms with Crippen molar-refractivity contribution >= 4 is 11.6 Å². The highest BCUT2D eigenvalue weighted by Crippen LogP contribution is 2.16. The van der Waals surface area contributed by atoms with Gasteiger partial charge < -0.3 is 20.2 Å². The summed E-state index contributed by atoms with van der Waals surface area (Å²) >= 11 is 0. The van der Waals surface area contributed by atoms with Crippen LogP contribution >= 0.6 is 0 Å². The molecule has 0 spiro atoms. The minimum absolute atomic E-state index is 0.276. The van der Waals surface area contributed by atoms with E-state index in [0.29, 0.717) is 18.8 Å². The second-order valence-corrected chi connectivity index (χ2v) is 3.59. The van der Waals surface area contributed by atoms with E-state index >= 15 is 0 Å². The Morgan fingerprint density at radius 3 is 2.67 bits per heavy atom. The molecule has 0 aliphatic rings. The number of nitrogens with one attached hydrogen (secondary N) is 1. The van der Waals surface area contributed by atoms with E-state index in [-0.39, 0.29) is 11.7 Å². The number of nitrogens with two attached hydrogens (primary N) is 1. The van der Waals surface area contributed by atoms with Gasteiger partial charge in [0.2, 0.25) is 0 Å². The molecule has 1 heterocycles. The largest absolute Gasteiger partial charge is 0.492 e. The highest BCUT2D eigenvalue weighted by atomic mass is 16.5. The van der Waals surface area contributed by atoms with Crippen molar-refractivity contribution in [3.05, 3.63) is 48.4 Å². The number of benzene rings is 1. The Balaban J connectivity index is 1.96. The van der Waals surface area contributed by atoms with Gasteiger partial charge in [-0.1, -0.05) is 0 Å². The van der Waals surface area contributed by atoms with Crippen molar-refractivity contribution in [2.45, 2.75) is 0 Å². The molecule has 2 aromatic rings. The Bertz CT molecular complexity index is 491. The van der Waals surface area contributed by atoms with Crippen molar-refractivity contribution < 1.29 is 13.9 Å². The molecule has 1 aromatic heterocycles. The van der Waals surface area contributed by atoms with E-state index < -0.39 is 0 Å². The summed E-state index contributed by atoms with van der Waals surface area (Å²) in [6.07, 6.45) is 1.46. The highest BCUT2D eigenvalue weighted by Gasteiger charge is 2.08. The zero-order valence-corrected chi connectivity index (χ0v) is 9.76. The van der Waals surface area contributed by atoms with Crippen LogP contribution in [0.3, 0.4) is 0 Å². The van der Waals surface area contributed by atoms with Gasteiger partial charge in [-0.15, -0.1) is 0 Å². The molecule has 0 radical (unpaired) electrons. The third kappa shape index (κ3) is 3.11. The maximum Gasteiger partial charge on any atom is 0.291 e. The average Bonchev–Trinajstić information content (AvgIpc) is 2.92. The number of carbonyl (C=O) groups excluding carboxylic acids is 1. The fraction of sp³-hybridized carbons (Fsp3) is 0.154. The second-order valence-electron chi connectivity index (χ2n) is 3.59. The number of anilines is 1. The normalized spacial score (nSPS) is 10.1. The van der Waals surface area contributed by atoms with Gasteiger partial charge in [-0.3, -0.25) is 4.79 Å². The molecule has 2 rings (SSSR count). The van der Waals surface area contributed by atoms with E-state index in [1.165, 1.54) is 6.26 Å². The maximum absolute atomic E-state index is 11.7. The molecule has 1 amide bonds. The number of hydrogen-bond acceptors (Lipinski definition) is 4. The van der Waals surface area contributed by atoms with Gasteiger partial charge >= 0.3 is 0 Å². The SMILES string of the molecule is NCCOc1ccc(NC(=O)c2ccco2)cc1. The molecule has 5 nitrogen and oxygen atoms in total. The van der Waals surface area contributed by atoms with Crippen molar-refractivity contribution in [1.29, 1.82) is 0 Å². The Labute approximate surface area is 105 Å². The first-order chi connectivity index (χ1) is 8.79. The first-order valence-electron chi connectivity index (χ1n) is 5.57. The number of furan rings is 1. The molecule has 0 unspecified atom stereocenters. The monoisotopic (exact) mass is 246 g/mol. The maximum atomic E-state index is 11.7. The lowest BCUT2D eigenvalue weighted by Gasteiger charge is -2.06. The molecule has 0 fully saturated rings. The predicted octanol–water partition coefficient (Wildman–Crippen LogP) is 1.87. The average molecular weight is 246 g/mol. The molecule has 0 saturated heterocycles. The summed E-state index contributed by atoms with van der Waals surface area (Å²) in [4.78, 5) is 11.7. The van der Waals surface area contributed by atoms with Crippen LogP contribution < -0.4 is 15.8 Å². The lowest BCUT2D eigenvalue weighted by molar-refractivity contribution is 0.0996. The first-order valence-corrected chi connectivity index (χ1v) is 5.57. The summed E-state index contributed by atoms with van der Waals surface area (Å²) in [6.45, 7) is 0.940. The van der Waals surface area contributed by atoms with E-state index in [1.807, 2.05) is 0 Å². The van der Waals surface area contributed by atoms with Crippen LogP contribution in [0.2, 0.25) is 0 Å². The molecule has 5 heteroatoms. The van der Waals surface area contributed by atoms with E-state index in [9.17, 15) is 4.79 Å². The predicted molar refractivity (Wildman–Crippen MR) is 67.7 cm³/mol. The van der Waals surface area contributed by atoms with Crippen LogP contribution in [0.4, 0.5) is 5.69 Å². The van der Waals surface area contributed by atoms with Crippen LogP contribution in [0.5, 0.6) is 5.75 Å². The van der Waals surface area contributed by atoms with Crippen LogP contribution in [0.1, 0.15) is 10.6 Å². The number of ether oxygens (including phenoxy) is 1. The molecule has 0 atom stereocenters. The van der Waals surface area contributed by atoms with Crippen molar-refractivity contribution in [3.8, 4) is 5.75 Å². The van der Waals surface area contributed by atoms with E-state index in [0.717, 1.165) is 5.75 Å². The lowest BCUT2D eigenvalue weighted by Crippen LogP contribution is -2.11. The third-order valence-electron chi connectivity index (χ3n) is 2.24. The smallest absolute Gasteiger partial charge is 0.291 e. The summed E-state index contributed by atoms with van der Waals surface area (Å²) in [5.74, 6) is 0.713. The number of hydrogen-bond donors (Lipinski definition) is 2. The van der Waals surface area contributed by atoms with Crippen LogP contribution in [0.15, 0.2) is 47.1 Å². The van der Waals surface area contributed by atoms with E-state index in [2.05, 4.69) is 5.32 Å². The molecule has 18 heavy (non-hydrogen) atoms.